The summed E-state index contributed by atoms with van der Waals surface area (Å²) in [6.45, 7) is 1.35. The SMILES string of the molecule is O=C(c1cccs1)N1CCC[C@H](c2nnc(Cc3ccc(F)cc3)o2)C1. The van der Waals surface area contributed by atoms with Gasteiger partial charge < -0.3 is 9.32 Å². The molecule has 1 aliphatic rings. The first kappa shape index (κ1) is 16.9. The van der Waals surface area contributed by atoms with Gasteiger partial charge in [-0.3, -0.25) is 4.79 Å². The van der Waals surface area contributed by atoms with E-state index in [4.69, 9.17) is 4.42 Å². The Bertz CT molecular complexity index is 877. The topological polar surface area (TPSA) is 59.2 Å². The van der Waals surface area contributed by atoms with Crippen molar-refractivity contribution >= 4 is 17.2 Å². The predicted molar refractivity (Wildman–Crippen MR) is 95.7 cm³/mol. The van der Waals surface area contributed by atoms with Crippen molar-refractivity contribution in [3.63, 3.8) is 0 Å². The number of amides is 1. The minimum Gasteiger partial charge on any atom is -0.425 e. The molecule has 0 N–H and O–H groups in total. The number of aromatic nitrogens is 2. The molecule has 7 heteroatoms. The van der Waals surface area contributed by atoms with E-state index in [1.165, 1.54) is 23.5 Å². The van der Waals surface area contributed by atoms with Gasteiger partial charge in [-0.05, 0) is 42.0 Å². The molecule has 26 heavy (non-hydrogen) atoms. The number of thiophene rings is 1. The van der Waals surface area contributed by atoms with Crippen molar-refractivity contribution in [3.8, 4) is 0 Å². The molecule has 0 unspecified atom stereocenters. The zero-order valence-electron chi connectivity index (χ0n) is 14.1. The lowest BCUT2D eigenvalue weighted by molar-refractivity contribution is 0.0703. The summed E-state index contributed by atoms with van der Waals surface area (Å²) < 4.78 is 18.8. The summed E-state index contributed by atoms with van der Waals surface area (Å²) in [6.07, 6.45) is 2.31. The van der Waals surface area contributed by atoms with Crippen molar-refractivity contribution in [1.82, 2.24) is 15.1 Å². The molecule has 1 aromatic carbocycles. The second-order valence-corrected chi connectivity index (χ2v) is 7.35. The van der Waals surface area contributed by atoms with E-state index in [9.17, 15) is 9.18 Å². The Kier molecular flexibility index (Phi) is 4.79. The average Bonchev–Trinajstić information content (AvgIpc) is 3.35. The number of halogens is 1. The number of carbonyl (C=O) groups excluding carboxylic acids is 1. The van der Waals surface area contributed by atoms with Gasteiger partial charge in [-0.1, -0.05) is 18.2 Å². The van der Waals surface area contributed by atoms with Gasteiger partial charge in [0, 0.05) is 13.1 Å². The molecule has 5 nitrogen and oxygen atoms in total. The third kappa shape index (κ3) is 3.67. The Hall–Kier alpha value is -2.54. The van der Waals surface area contributed by atoms with Crippen molar-refractivity contribution in [2.24, 2.45) is 0 Å². The monoisotopic (exact) mass is 371 g/mol. The van der Waals surface area contributed by atoms with Gasteiger partial charge in [0.05, 0.1) is 17.2 Å². The van der Waals surface area contributed by atoms with Crippen LogP contribution in [0, 0.1) is 5.82 Å². The van der Waals surface area contributed by atoms with E-state index in [-0.39, 0.29) is 17.6 Å². The fourth-order valence-corrected chi connectivity index (χ4v) is 3.89. The van der Waals surface area contributed by atoms with E-state index in [0.717, 1.165) is 29.8 Å². The highest BCUT2D eigenvalue weighted by molar-refractivity contribution is 7.12. The van der Waals surface area contributed by atoms with Crippen LogP contribution in [0.1, 0.15) is 45.8 Å². The van der Waals surface area contributed by atoms with Crippen LogP contribution >= 0.6 is 11.3 Å². The van der Waals surface area contributed by atoms with E-state index in [1.807, 2.05) is 22.4 Å². The van der Waals surface area contributed by atoms with Crippen LogP contribution in [0.15, 0.2) is 46.2 Å². The molecule has 0 spiro atoms. The second kappa shape index (κ2) is 7.37. The van der Waals surface area contributed by atoms with Gasteiger partial charge in [0.2, 0.25) is 11.8 Å². The molecule has 2 aromatic heterocycles. The van der Waals surface area contributed by atoms with Crippen LogP contribution in [-0.2, 0) is 6.42 Å². The summed E-state index contributed by atoms with van der Waals surface area (Å²) in [6, 6.07) is 10.00. The zero-order chi connectivity index (χ0) is 17.9. The average molecular weight is 371 g/mol. The number of benzene rings is 1. The van der Waals surface area contributed by atoms with Crippen LogP contribution in [-0.4, -0.2) is 34.1 Å². The lowest BCUT2D eigenvalue weighted by Crippen LogP contribution is -2.38. The van der Waals surface area contributed by atoms with Gasteiger partial charge in [0.1, 0.15) is 5.82 Å². The molecule has 0 saturated carbocycles. The molecule has 1 fully saturated rings. The normalized spacial score (nSPS) is 17.4. The molecular weight excluding hydrogens is 353 g/mol. The highest BCUT2D eigenvalue weighted by Gasteiger charge is 2.29. The van der Waals surface area contributed by atoms with Crippen molar-refractivity contribution in [1.29, 1.82) is 0 Å². The fourth-order valence-electron chi connectivity index (χ4n) is 3.20. The molecule has 1 aliphatic heterocycles. The minimum atomic E-state index is -0.266. The smallest absolute Gasteiger partial charge is 0.263 e. The first-order valence-corrected chi connectivity index (χ1v) is 9.46. The molecule has 0 bridgehead atoms. The number of hydrogen-bond donors (Lipinski definition) is 0. The Morgan fingerprint density at radius 1 is 1.27 bits per heavy atom. The third-order valence-electron chi connectivity index (χ3n) is 4.54. The van der Waals surface area contributed by atoms with E-state index in [0.29, 0.717) is 24.7 Å². The highest BCUT2D eigenvalue weighted by Crippen LogP contribution is 2.28. The van der Waals surface area contributed by atoms with Crippen molar-refractivity contribution in [3.05, 3.63) is 69.8 Å². The quantitative estimate of drug-likeness (QED) is 0.698. The van der Waals surface area contributed by atoms with Crippen molar-refractivity contribution in [2.75, 3.05) is 13.1 Å². The summed E-state index contributed by atoms with van der Waals surface area (Å²) in [5.41, 5.74) is 0.916. The summed E-state index contributed by atoms with van der Waals surface area (Å²) in [7, 11) is 0. The fraction of sp³-hybridized carbons (Fsp3) is 0.316. The van der Waals surface area contributed by atoms with E-state index >= 15 is 0 Å². The summed E-state index contributed by atoms with van der Waals surface area (Å²) in [5.74, 6) is 0.940. The minimum absolute atomic E-state index is 0.0575. The van der Waals surface area contributed by atoms with Gasteiger partial charge in [0.15, 0.2) is 0 Å². The van der Waals surface area contributed by atoms with Crippen molar-refractivity contribution < 1.29 is 13.6 Å². The molecule has 134 valence electrons. The zero-order valence-corrected chi connectivity index (χ0v) is 14.9. The summed E-state index contributed by atoms with van der Waals surface area (Å²) >= 11 is 1.46. The van der Waals surface area contributed by atoms with E-state index in [2.05, 4.69) is 10.2 Å². The number of hydrogen-bond acceptors (Lipinski definition) is 5. The maximum Gasteiger partial charge on any atom is 0.263 e. The number of carbonyl (C=O) groups is 1. The van der Waals surface area contributed by atoms with Gasteiger partial charge in [-0.15, -0.1) is 21.5 Å². The molecule has 1 atom stereocenters. The molecule has 3 heterocycles. The van der Waals surface area contributed by atoms with Crippen LogP contribution in [0.5, 0.6) is 0 Å². The number of likely N-dealkylation sites (tertiary alicyclic amines) is 1. The summed E-state index contributed by atoms with van der Waals surface area (Å²) in [4.78, 5) is 15.2. The highest BCUT2D eigenvalue weighted by atomic mass is 32.1. The first-order chi connectivity index (χ1) is 12.7. The maximum absolute atomic E-state index is 13.0. The van der Waals surface area contributed by atoms with Crippen LogP contribution in [0.3, 0.4) is 0 Å². The Morgan fingerprint density at radius 2 is 2.12 bits per heavy atom. The largest absolute Gasteiger partial charge is 0.425 e. The third-order valence-corrected chi connectivity index (χ3v) is 5.40. The lowest BCUT2D eigenvalue weighted by atomic mass is 9.98. The van der Waals surface area contributed by atoms with E-state index in [1.54, 1.807) is 12.1 Å². The molecule has 3 aromatic rings. The van der Waals surface area contributed by atoms with Gasteiger partial charge in [0.25, 0.3) is 5.91 Å². The first-order valence-electron chi connectivity index (χ1n) is 8.58. The van der Waals surface area contributed by atoms with Gasteiger partial charge in [-0.2, -0.15) is 0 Å². The van der Waals surface area contributed by atoms with Crippen LogP contribution in [0.25, 0.3) is 0 Å². The van der Waals surface area contributed by atoms with Crippen LogP contribution in [0.2, 0.25) is 0 Å². The molecule has 1 saturated heterocycles. The summed E-state index contributed by atoms with van der Waals surface area (Å²) in [5, 5.41) is 10.2. The molecule has 1 amide bonds. The molecule has 0 aliphatic carbocycles. The Balaban J connectivity index is 1.43. The standard InChI is InChI=1S/C19H18FN3O2S/c20-15-7-5-13(6-8-15)11-17-21-22-18(25-17)14-3-1-9-23(12-14)19(24)16-4-2-10-26-16/h2,4-8,10,14H,1,3,9,11-12H2/t14-/m0/s1. The Labute approximate surface area is 154 Å². The molecular formula is C19H18FN3O2S. The van der Waals surface area contributed by atoms with Gasteiger partial charge in [-0.25, -0.2) is 4.39 Å². The predicted octanol–water partition coefficient (Wildman–Crippen LogP) is 3.88. The lowest BCUT2D eigenvalue weighted by Gasteiger charge is -2.30. The maximum atomic E-state index is 13.0. The van der Waals surface area contributed by atoms with Crippen LogP contribution in [0.4, 0.5) is 4.39 Å². The van der Waals surface area contributed by atoms with Crippen molar-refractivity contribution in [2.45, 2.75) is 25.2 Å². The Morgan fingerprint density at radius 3 is 2.88 bits per heavy atom. The van der Waals surface area contributed by atoms with Crippen LogP contribution < -0.4 is 0 Å². The number of piperidine rings is 1. The second-order valence-electron chi connectivity index (χ2n) is 6.40. The van der Waals surface area contributed by atoms with E-state index < -0.39 is 0 Å². The number of nitrogens with zero attached hydrogens (tertiary/aromatic N) is 3. The van der Waals surface area contributed by atoms with Gasteiger partial charge >= 0.3 is 0 Å². The number of rotatable bonds is 4. The molecule has 4 rings (SSSR count). The molecule has 0 radical (unpaired) electrons.